The molecule has 0 saturated heterocycles. The number of likely N-dealkylation sites (N-methyl/N-ethyl adjacent to an activating group) is 1. The number of benzene rings is 2. The number of aromatic amines is 1. The fourth-order valence-electron chi connectivity index (χ4n) is 3.13. The molecule has 1 N–H and O–H groups in total. The molecule has 0 aliphatic rings. The second-order valence-corrected chi connectivity index (χ2v) is 6.13. The minimum absolute atomic E-state index is 0.104. The standard InChI is InChI=1S/C21H24N2O3/c1-4-23(14-15-9-10-19(25-2)20(11-15)26-3)21(24)12-16-13-22-18-8-6-5-7-17(16)18/h5-11,13,22H,4,12,14H2,1-3H3. The number of carbonyl (C=O) groups is 1. The highest BCUT2D eigenvalue weighted by Gasteiger charge is 2.16. The van der Waals surface area contributed by atoms with Crippen molar-refractivity contribution in [3.8, 4) is 11.5 Å². The summed E-state index contributed by atoms with van der Waals surface area (Å²) in [5.41, 5.74) is 3.09. The van der Waals surface area contributed by atoms with Crippen molar-refractivity contribution in [3.05, 3.63) is 59.8 Å². The maximum atomic E-state index is 12.8. The molecule has 0 atom stereocenters. The van der Waals surface area contributed by atoms with Crippen molar-refractivity contribution in [1.82, 2.24) is 9.88 Å². The van der Waals surface area contributed by atoms with Crippen LogP contribution >= 0.6 is 0 Å². The van der Waals surface area contributed by atoms with Gasteiger partial charge in [0.15, 0.2) is 11.5 Å². The number of hydrogen-bond donors (Lipinski definition) is 1. The lowest BCUT2D eigenvalue weighted by molar-refractivity contribution is -0.130. The molecule has 0 bridgehead atoms. The summed E-state index contributed by atoms with van der Waals surface area (Å²) < 4.78 is 10.6. The van der Waals surface area contributed by atoms with Gasteiger partial charge in [-0.3, -0.25) is 4.79 Å². The molecule has 0 aliphatic carbocycles. The Balaban J connectivity index is 1.75. The van der Waals surface area contributed by atoms with Crippen LogP contribution in [-0.2, 0) is 17.8 Å². The van der Waals surface area contributed by atoms with Gasteiger partial charge in [-0.25, -0.2) is 0 Å². The molecule has 2 aromatic carbocycles. The van der Waals surface area contributed by atoms with Crippen LogP contribution in [0.25, 0.3) is 10.9 Å². The summed E-state index contributed by atoms with van der Waals surface area (Å²) in [7, 11) is 3.22. The summed E-state index contributed by atoms with van der Waals surface area (Å²) in [5.74, 6) is 1.46. The lowest BCUT2D eigenvalue weighted by Crippen LogP contribution is -2.31. The second kappa shape index (κ2) is 7.95. The van der Waals surface area contributed by atoms with Crippen LogP contribution in [0.2, 0.25) is 0 Å². The molecule has 0 saturated carbocycles. The van der Waals surface area contributed by atoms with E-state index < -0.39 is 0 Å². The number of H-pyrrole nitrogens is 1. The van der Waals surface area contributed by atoms with E-state index in [0.29, 0.717) is 31.0 Å². The third kappa shape index (κ3) is 3.67. The molecule has 5 nitrogen and oxygen atoms in total. The Morgan fingerprint density at radius 3 is 2.58 bits per heavy atom. The van der Waals surface area contributed by atoms with Crippen molar-refractivity contribution >= 4 is 16.8 Å². The van der Waals surface area contributed by atoms with Crippen molar-refractivity contribution in [1.29, 1.82) is 0 Å². The molecular weight excluding hydrogens is 328 g/mol. The van der Waals surface area contributed by atoms with Crippen molar-refractivity contribution in [3.63, 3.8) is 0 Å². The molecule has 0 unspecified atom stereocenters. The van der Waals surface area contributed by atoms with Gasteiger partial charge in [0, 0.05) is 30.2 Å². The summed E-state index contributed by atoms with van der Waals surface area (Å²) >= 11 is 0. The van der Waals surface area contributed by atoms with Crippen molar-refractivity contribution in [2.24, 2.45) is 0 Å². The largest absolute Gasteiger partial charge is 0.493 e. The Morgan fingerprint density at radius 1 is 1.08 bits per heavy atom. The number of para-hydroxylation sites is 1. The summed E-state index contributed by atoms with van der Waals surface area (Å²) in [6.45, 7) is 3.18. The fourth-order valence-corrected chi connectivity index (χ4v) is 3.13. The minimum atomic E-state index is 0.104. The number of carbonyl (C=O) groups excluding carboxylic acids is 1. The molecule has 1 heterocycles. The molecule has 3 rings (SSSR count). The Labute approximate surface area is 153 Å². The monoisotopic (exact) mass is 352 g/mol. The molecule has 0 radical (unpaired) electrons. The molecule has 0 fully saturated rings. The minimum Gasteiger partial charge on any atom is -0.493 e. The lowest BCUT2D eigenvalue weighted by atomic mass is 10.1. The van der Waals surface area contributed by atoms with Crippen LogP contribution in [0, 0.1) is 0 Å². The predicted molar refractivity (Wildman–Crippen MR) is 103 cm³/mol. The normalized spacial score (nSPS) is 10.7. The average molecular weight is 352 g/mol. The van der Waals surface area contributed by atoms with E-state index in [1.54, 1.807) is 14.2 Å². The zero-order valence-corrected chi connectivity index (χ0v) is 15.4. The van der Waals surface area contributed by atoms with Gasteiger partial charge in [0.2, 0.25) is 5.91 Å². The van der Waals surface area contributed by atoms with Crippen LogP contribution in [0.1, 0.15) is 18.1 Å². The zero-order chi connectivity index (χ0) is 18.5. The smallest absolute Gasteiger partial charge is 0.227 e. The van der Waals surface area contributed by atoms with E-state index in [2.05, 4.69) is 4.98 Å². The zero-order valence-electron chi connectivity index (χ0n) is 15.4. The average Bonchev–Trinajstić information content (AvgIpc) is 3.08. The van der Waals surface area contributed by atoms with Crippen LogP contribution in [0.5, 0.6) is 11.5 Å². The fraction of sp³-hybridized carbons (Fsp3) is 0.286. The Hall–Kier alpha value is -2.95. The van der Waals surface area contributed by atoms with E-state index in [1.165, 1.54) is 0 Å². The highest BCUT2D eigenvalue weighted by Crippen LogP contribution is 2.28. The summed E-state index contributed by atoms with van der Waals surface area (Å²) in [4.78, 5) is 17.9. The van der Waals surface area contributed by atoms with Gasteiger partial charge >= 0.3 is 0 Å². The SMILES string of the molecule is CCN(Cc1ccc(OC)c(OC)c1)C(=O)Cc1c[nH]c2ccccc12. The molecular formula is C21H24N2O3. The van der Waals surface area contributed by atoms with E-state index in [4.69, 9.17) is 9.47 Å². The second-order valence-electron chi connectivity index (χ2n) is 6.13. The third-order valence-electron chi connectivity index (χ3n) is 4.57. The van der Waals surface area contributed by atoms with Crippen LogP contribution in [0.4, 0.5) is 0 Å². The van der Waals surface area contributed by atoms with Gasteiger partial charge in [0.25, 0.3) is 0 Å². The predicted octanol–water partition coefficient (Wildman–Crippen LogP) is 3.78. The number of nitrogens with one attached hydrogen (secondary N) is 1. The Kier molecular flexibility index (Phi) is 5.46. The highest BCUT2D eigenvalue weighted by molar-refractivity contribution is 5.88. The van der Waals surface area contributed by atoms with E-state index in [-0.39, 0.29) is 5.91 Å². The number of fused-ring (bicyclic) bond motifs is 1. The Bertz CT molecular complexity index is 901. The van der Waals surface area contributed by atoms with Gasteiger partial charge < -0.3 is 19.4 Å². The van der Waals surface area contributed by atoms with Gasteiger partial charge in [-0.1, -0.05) is 24.3 Å². The van der Waals surface area contributed by atoms with Crippen molar-refractivity contribution in [2.45, 2.75) is 19.9 Å². The maximum absolute atomic E-state index is 12.8. The van der Waals surface area contributed by atoms with Gasteiger partial charge in [-0.15, -0.1) is 0 Å². The summed E-state index contributed by atoms with van der Waals surface area (Å²) in [6, 6.07) is 13.8. The number of amides is 1. The summed E-state index contributed by atoms with van der Waals surface area (Å²) in [5, 5.41) is 1.10. The molecule has 3 aromatic rings. The molecule has 136 valence electrons. The van der Waals surface area contributed by atoms with E-state index in [1.807, 2.05) is 60.5 Å². The van der Waals surface area contributed by atoms with Gasteiger partial charge in [0.05, 0.1) is 20.6 Å². The molecule has 1 aromatic heterocycles. The molecule has 0 spiro atoms. The maximum Gasteiger partial charge on any atom is 0.227 e. The van der Waals surface area contributed by atoms with Crippen LogP contribution < -0.4 is 9.47 Å². The van der Waals surface area contributed by atoms with Gasteiger partial charge in [0.1, 0.15) is 0 Å². The quantitative estimate of drug-likeness (QED) is 0.704. The van der Waals surface area contributed by atoms with Gasteiger partial charge in [-0.2, -0.15) is 0 Å². The van der Waals surface area contributed by atoms with Crippen molar-refractivity contribution < 1.29 is 14.3 Å². The van der Waals surface area contributed by atoms with Crippen molar-refractivity contribution in [2.75, 3.05) is 20.8 Å². The number of nitrogens with zero attached hydrogens (tertiary/aromatic N) is 1. The van der Waals surface area contributed by atoms with Crippen LogP contribution in [-0.4, -0.2) is 36.6 Å². The summed E-state index contributed by atoms with van der Waals surface area (Å²) in [6.07, 6.45) is 2.30. The number of aromatic nitrogens is 1. The number of hydrogen-bond acceptors (Lipinski definition) is 3. The molecule has 26 heavy (non-hydrogen) atoms. The van der Waals surface area contributed by atoms with E-state index >= 15 is 0 Å². The molecule has 5 heteroatoms. The number of ether oxygens (including phenoxy) is 2. The number of methoxy groups -OCH3 is 2. The van der Waals surface area contributed by atoms with Crippen LogP contribution in [0.15, 0.2) is 48.7 Å². The first kappa shape index (κ1) is 17.9. The lowest BCUT2D eigenvalue weighted by Gasteiger charge is -2.21. The number of rotatable bonds is 7. The first-order chi connectivity index (χ1) is 12.7. The topological polar surface area (TPSA) is 54.6 Å². The van der Waals surface area contributed by atoms with Gasteiger partial charge in [-0.05, 0) is 36.2 Å². The van der Waals surface area contributed by atoms with Crippen LogP contribution in [0.3, 0.4) is 0 Å². The highest BCUT2D eigenvalue weighted by atomic mass is 16.5. The van der Waals surface area contributed by atoms with E-state index in [0.717, 1.165) is 22.0 Å². The molecule has 1 amide bonds. The Morgan fingerprint density at radius 2 is 1.85 bits per heavy atom. The molecule has 0 aliphatic heterocycles. The van der Waals surface area contributed by atoms with E-state index in [9.17, 15) is 4.79 Å². The first-order valence-electron chi connectivity index (χ1n) is 8.70. The first-order valence-corrected chi connectivity index (χ1v) is 8.70. The third-order valence-corrected chi connectivity index (χ3v) is 4.57.